The molecule has 0 spiro atoms. The number of ether oxygens (including phenoxy) is 1. The summed E-state index contributed by atoms with van der Waals surface area (Å²) >= 11 is 0. The summed E-state index contributed by atoms with van der Waals surface area (Å²) in [5.41, 5.74) is 4.58. The van der Waals surface area contributed by atoms with Gasteiger partial charge in [0.1, 0.15) is 11.4 Å². The molecule has 0 saturated carbocycles. The van der Waals surface area contributed by atoms with Crippen molar-refractivity contribution < 1.29 is 28.2 Å². The Morgan fingerprint density at radius 1 is 1.22 bits per heavy atom. The number of fused-ring (bicyclic) bond motifs is 2. The highest BCUT2D eigenvalue weighted by molar-refractivity contribution is 5.93. The zero-order chi connectivity index (χ0) is 22.8. The zero-order valence-corrected chi connectivity index (χ0v) is 17.5. The Morgan fingerprint density at radius 2 is 2.03 bits per heavy atom. The van der Waals surface area contributed by atoms with Crippen LogP contribution in [0.3, 0.4) is 0 Å². The van der Waals surface area contributed by atoms with Gasteiger partial charge < -0.3 is 24.6 Å². The van der Waals surface area contributed by atoms with E-state index in [4.69, 9.17) is 9.52 Å². The van der Waals surface area contributed by atoms with E-state index in [1.807, 2.05) is 13.8 Å². The Morgan fingerprint density at radius 3 is 2.81 bits per heavy atom. The van der Waals surface area contributed by atoms with Gasteiger partial charge >= 0.3 is 6.16 Å². The van der Waals surface area contributed by atoms with Gasteiger partial charge in [-0.05, 0) is 61.2 Å². The molecule has 0 radical (unpaired) electrons. The third-order valence-corrected chi connectivity index (χ3v) is 5.24. The summed E-state index contributed by atoms with van der Waals surface area (Å²) in [5.74, 6) is -0.662. The van der Waals surface area contributed by atoms with Crippen molar-refractivity contribution >= 4 is 40.0 Å². The number of hydrogen-bond acceptors (Lipinski definition) is 4. The van der Waals surface area contributed by atoms with Gasteiger partial charge in [-0.2, -0.15) is 0 Å². The number of carbonyl (C=O) groups excluding carboxylic acids is 1. The molecule has 4 rings (SSSR count). The lowest BCUT2D eigenvalue weighted by molar-refractivity contribution is -0.116. The molecule has 0 aliphatic carbocycles. The van der Waals surface area contributed by atoms with Crippen LogP contribution in [0.2, 0.25) is 0 Å². The van der Waals surface area contributed by atoms with E-state index in [0.717, 1.165) is 27.8 Å². The lowest BCUT2D eigenvalue weighted by Gasteiger charge is -2.05. The molecule has 0 aliphatic rings. The van der Waals surface area contributed by atoms with Crippen molar-refractivity contribution in [2.24, 2.45) is 0 Å². The second kappa shape index (κ2) is 8.58. The van der Waals surface area contributed by atoms with Gasteiger partial charge in [0, 0.05) is 35.2 Å². The first kappa shape index (κ1) is 21.2. The summed E-state index contributed by atoms with van der Waals surface area (Å²) in [6, 6.07) is 9.84. The summed E-state index contributed by atoms with van der Waals surface area (Å²) in [6.45, 7) is 4.24. The molecule has 0 bridgehead atoms. The normalized spacial score (nSPS) is 11.5. The predicted octanol–water partition coefficient (Wildman–Crippen LogP) is 5.10. The monoisotopic (exact) mass is 436 g/mol. The van der Waals surface area contributed by atoms with E-state index in [9.17, 15) is 14.0 Å². The lowest BCUT2D eigenvalue weighted by Crippen LogP contribution is -2.23. The van der Waals surface area contributed by atoms with Gasteiger partial charge in [-0.25, -0.2) is 9.18 Å². The fraction of sp³-hybridized carbons (Fsp3) is 0.167. The molecule has 164 valence electrons. The van der Waals surface area contributed by atoms with Crippen LogP contribution >= 0.6 is 0 Å². The highest BCUT2D eigenvalue weighted by atomic mass is 19.1. The van der Waals surface area contributed by atoms with Gasteiger partial charge in [-0.1, -0.05) is 12.1 Å². The number of aryl methyl sites for hydroxylation is 2. The molecule has 0 saturated heterocycles. The number of rotatable bonds is 6. The van der Waals surface area contributed by atoms with Crippen molar-refractivity contribution in [3.8, 4) is 5.95 Å². The van der Waals surface area contributed by atoms with Gasteiger partial charge in [0.15, 0.2) is 0 Å². The van der Waals surface area contributed by atoms with Gasteiger partial charge in [0.05, 0.1) is 5.52 Å². The van der Waals surface area contributed by atoms with Gasteiger partial charge in [-0.3, -0.25) is 4.79 Å². The molecular weight excluding hydrogens is 415 g/mol. The molecule has 2 aromatic heterocycles. The van der Waals surface area contributed by atoms with Crippen LogP contribution in [0.15, 0.2) is 46.9 Å². The van der Waals surface area contributed by atoms with E-state index in [0.29, 0.717) is 29.5 Å². The number of aromatic nitrogens is 1. The van der Waals surface area contributed by atoms with Gasteiger partial charge in [-0.15, -0.1) is 0 Å². The molecule has 32 heavy (non-hydrogen) atoms. The van der Waals surface area contributed by atoms with Crippen LogP contribution in [0.1, 0.15) is 22.4 Å². The van der Waals surface area contributed by atoms with E-state index < -0.39 is 6.16 Å². The quantitative estimate of drug-likeness (QED) is 0.288. The van der Waals surface area contributed by atoms with Crippen LogP contribution in [-0.4, -0.2) is 28.7 Å². The number of nitrogens with one attached hydrogen (secondary N) is 2. The van der Waals surface area contributed by atoms with Gasteiger partial charge in [0.25, 0.3) is 5.95 Å². The number of halogens is 1. The van der Waals surface area contributed by atoms with E-state index in [1.165, 1.54) is 18.2 Å². The minimum atomic E-state index is -1.45. The summed E-state index contributed by atoms with van der Waals surface area (Å²) in [6.07, 6.45) is 2.19. The molecule has 3 N–H and O–H groups in total. The molecule has 0 atom stereocenters. The Hall–Kier alpha value is -4.07. The molecule has 7 nitrogen and oxygen atoms in total. The second-order valence-corrected chi connectivity index (χ2v) is 7.45. The van der Waals surface area contributed by atoms with Crippen molar-refractivity contribution in [3.05, 3.63) is 70.7 Å². The average molecular weight is 436 g/mol. The highest BCUT2D eigenvalue weighted by Gasteiger charge is 2.14. The fourth-order valence-electron chi connectivity index (χ4n) is 3.77. The summed E-state index contributed by atoms with van der Waals surface area (Å²) in [5, 5.41) is 13.0. The molecule has 0 aliphatic heterocycles. The molecule has 1 amide bonds. The third kappa shape index (κ3) is 4.34. The minimum Gasteiger partial charge on any atom is -0.449 e. The zero-order valence-electron chi connectivity index (χ0n) is 17.5. The summed E-state index contributed by atoms with van der Waals surface area (Å²) in [4.78, 5) is 25.9. The van der Waals surface area contributed by atoms with E-state index in [-0.39, 0.29) is 17.7 Å². The maximum Gasteiger partial charge on any atom is 0.513 e. The molecular formula is C24H21FN2O5. The SMILES string of the molecule is Cc1[nH]c2c(F)ccc(C)c2c1CCNC(=O)/C=C/c1ccc2oc(OC(=O)O)cc2c1. The summed E-state index contributed by atoms with van der Waals surface area (Å²) in [7, 11) is 0. The molecule has 4 aromatic rings. The van der Waals surface area contributed by atoms with Crippen LogP contribution in [0.4, 0.5) is 9.18 Å². The van der Waals surface area contributed by atoms with Crippen molar-refractivity contribution in [1.29, 1.82) is 0 Å². The number of hydrogen-bond donors (Lipinski definition) is 3. The topological polar surface area (TPSA) is 105 Å². The summed E-state index contributed by atoms with van der Waals surface area (Å²) < 4.78 is 23.9. The number of carbonyl (C=O) groups is 2. The lowest BCUT2D eigenvalue weighted by atomic mass is 10.0. The first-order chi connectivity index (χ1) is 15.3. The van der Waals surface area contributed by atoms with Crippen molar-refractivity contribution in [1.82, 2.24) is 10.3 Å². The average Bonchev–Trinajstić information content (AvgIpc) is 3.29. The van der Waals surface area contributed by atoms with Crippen molar-refractivity contribution in [2.45, 2.75) is 20.3 Å². The molecule has 0 unspecified atom stereocenters. The molecule has 2 heterocycles. The molecule has 8 heteroatoms. The Balaban J connectivity index is 1.39. The van der Waals surface area contributed by atoms with E-state index in [1.54, 1.807) is 30.3 Å². The number of furan rings is 1. The van der Waals surface area contributed by atoms with Crippen molar-refractivity contribution in [2.75, 3.05) is 6.54 Å². The number of benzene rings is 2. The first-order valence-electron chi connectivity index (χ1n) is 9.98. The number of carboxylic acid groups (broad SMARTS) is 1. The second-order valence-electron chi connectivity index (χ2n) is 7.45. The van der Waals surface area contributed by atoms with Crippen molar-refractivity contribution in [3.63, 3.8) is 0 Å². The van der Waals surface area contributed by atoms with E-state index >= 15 is 0 Å². The standard InChI is InChI=1S/C24H21FN2O5/c1-13-3-6-18(25)23-22(13)17(14(2)27-23)9-10-26-20(28)8-5-15-4-7-19-16(11-15)12-21(31-19)32-24(29)30/h3-8,11-12,27H,9-10H2,1-2H3,(H,26,28)(H,29,30)/b8-5+. The third-order valence-electron chi connectivity index (χ3n) is 5.24. The Kier molecular flexibility index (Phi) is 5.68. The highest BCUT2D eigenvalue weighted by Crippen LogP contribution is 2.28. The maximum atomic E-state index is 14.1. The van der Waals surface area contributed by atoms with Crippen LogP contribution in [0.5, 0.6) is 5.95 Å². The van der Waals surface area contributed by atoms with Crippen LogP contribution in [0.25, 0.3) is 27.9 Å². The number of amides is 1. The smallest absolute Gasteiger partial charge is 0.449 e. The Labute approximate surface area is 182 Å². The fourth-order valence-corrected chi connectivity index (χ4v) is 3.77. The van der Waals surface area contributed by atoms with Crippen LogP contribution in [-0.2, 0) is 11.2 Å². The van der Waals surface area contributed by atoms with Crippen LogP contribution in [0, 0.1) is 19.7 Å². The van der Waals surface area contributed by atoms with Gasteiger partial charge in [0.2, 0.25) is 5.91 Å². The van der Waals surface area contributed by atoms with Crippen LogP contribution < -0.4 is 10.1 Å². The minimum absolute atomic E-state index is 0.117. The number of H-pyrrole nitrogens is 1. The van der Waals surface area contributed by atoms with E-state index in [2.05, 4.69) is 15.0 Å². The maximum absolute atomic E-state index is 14.1. The molecule has 2 aromatic carbocycles. The number of aromatic amines is 1. The largest absolute Gasteiger partial charge is 0.513 e. The Bertz CT molecular complexity index is 1370. The predicted molar refractivity (Wildman–Crippen MR) is 118 cm³/mol. The molecule has 0 fully saturated rings. The first-order valence-corrected chi connectivity index (χ1v) is 9.98.